The molecule has 4 rings (SSSR count). The predicted octanol–water partition coefficient (Wildman–Crippen LogP) is 3.27. The zero-order valence-electron chi connectivity index (χ0n) is 17.7. The van der Waals surface area contributed by atoms with Crippen molar-refractivity contribution in [1.29, 1.82) is 0 Å². The summed E-state index contributed by atoms with van der Waals surface area (Å²) in [4.78, 5) is 25.3. The molecule has 1 aliphatic carbocycles. The van der Waals surface area contributed by atoms with Crippen LogP contribution in [0.3, 0.4) is 0 Å². The molecule has 0 spiro atoms. The standard InChI is InChI=1S/C23H26N2O5S/c1-15(17-8-7-16-5-3-4-6-18(16)13-17)24-31(28,29)19-9-10-21(30-2)20(14-19)25-22(26)11-12-23(25)27/h7-10,13-15,24H,3-6,11-12H2,1-2H3/t15-/m0/s1. The molecule has 0 saturated carbocycles. The third-order valence-corrected chi connectivity index (χ3v) is 7.50. The molecule has 0 unspecified atom stereocenters. The molecule has 7 nitrogen and oxygen atoms in total. The van der Waals surface area contributed by atoms with Crippen LogP contribution in [0.15, 0.2) is 41.3 Å². The van der Waals surface area contributed by atoms with E-state index in [1.54, 1.807) is 6.92 Å². The van der Waals surface area contributed by atoms with Gasteiger partial charge in [-0.05, 0) is 67.5 Å². The van der Waals surface area contributed by atoms with E-state index in [2.05, 4.69) is 16.9 Å². The van der Waals surface area contributed by atoms with Gasteiger partial charge in [0, 0.05) is 18.9 Å². The van der Waals surface area contributed by atoms with Crippen molar-refractivity contribution >= 4 is 27.5 Å². The van der Waals surface area contributed by atoms with E-state index >= 15 is 0 Å². The summed E-state index contributed by atoms with van der Waals surface area (Å²) in [6.45, 7) is 1.81. The van der Waals surface area contributed by atoms with Gasteiger partial charge < -0.3 is 4.74 Å². The van der Waals surface area contributed by atoms with Crippen molar-refractivity contribution in [1.82, 2.24) is 4.72 Å². The van der Waals surface area contributed by atoms with Gasteiger partial charge in [0.1, 0.15) is 5.75 Å². The second-order valence-corrected chi connectivity index (χ2v) is 9.75. The zero-order valence-corrected chi connectivity index (χ0v) is 18.5. The summed E-state index contributed by atoms with van der Waals surface area (Å²) in [5.74, 6) is -0.466. The number of methoxy groups -OCH3 is 1. The van der Waals surface area contributed by atoms with E-state index in [0.717, 1.165) is 29.7 Å². The number of carbonyl (C=O) groups excluding carboxylic acids is 2. The Balaban J connectivity index is 1.62. The number of nitrogens with zero attached hydrogens (tertiary/aromatic N) is 1. The number of rotatable bonds is 6. The molecule has 2 aromatic carbocycles. The number of benzene rings is 2. The lowest BCUT2D eigenvalue weighted by Crippen LogP contribution is -2.30. The molecule has 1 heterocycles. The lowest BCUT2D eigenvalue weighted by molar-refractivity contribution is -0.121. The first-order chi connectivity index (χ1) is 14.8. The van der Waals surface area contributed by atoms with Crippen LogP contribution >= 0.6 is 0 Å². The fourth-order valence-electron chi connectivity index (χ4n) is 4.25. The summed E-state index contributed by atoms with van der Waals surface area (Å²) in [6, 6.07) is 9.91. The highest BCUT2D eigenvalue weighted by Crippen LogP contribution is 2.34. The molecule has 1 aliphatic heterocycles. The monoisotopic (exact) mass is 442 g/mol. The van der Waals surface area contributed by atoms with Crippen LogP contribution in [-0.4, -0.2) is 27.3 Å². The van der Waals surface area contributed by atoms with E-state index in [0.29, 0.717) is 0 Å². The van der Waals surface area contributed by atoms with Crippen LogP contribution in [0.5, 0.6) is 5.75 Å². The smallest absolute Gasteiger partial charge is 0.241 e. The molecule has 31 heavy (non-hydrogen) atoms. The van der Waals surface area contributed by atoms with Gasteiger partial charge in [0.2, 0.25) is 21.8 Å². The number of aryl methyl sites for hydroxylation is 2. The van der Waals surface area contributed by atoms with Gasteiger partial charge in [-0.15, -0.1) is 0 Å². The maximum absolute atomic E-state index is 13.1. The second-order valence-electron chi connectivity index (χ2n) is 8.03. The van der Waals surface area contributed by atoms with Crippen molar-refractivity contribution in [3.8, 4) is 5.75 Å². The van der Waals surface area contributed by atoms with E-state index in [1.807, 2.05) is 6.07 Å². The largest absolute Gasteiger partial charge is 0.495 e. The van der Waals surface area contributed by atoms with Crippen molar-refractivity contribution in [2.75, 3.05) is 12.0 Å². The van der Waals surface area contributed by atoms with E-state index in [4.69, 9.17) is 4.74 Å². The Morgan fingerprint density at radius 2 is 1.61 bits per heavy atom. The van der Waals surface area contributed by atoms with Crippen LogP contribution < -0.4 is 14.4 Å². The topological polar surface area (TPSA) is 92.8 Å². The molecule has 8 heteroatoms. The summed E-state index contributed by atoms with van der Waals surface area (Å²) < 4.78 is 34.2. The quantitative estimate of drug-likeness (QED) is 0.693. The van der Waals surface area contributed by atoms with Crippen LogP contribution in [0, 0.1) is 0 Å². The Morgan fingerprint density at radius 3 is 2.29 bits per heavy atom. The van der Waals surface area contributed by atoms with Crippen molar-refractivity contribution in [3.05, 3.63) is 53.1 Å². The van der Waals surface area contributed by atoms with E-state index in [9.17, 15) is 18.0 Å². The molecule has 2 aliphatic rings. The normalized spacial score (nSPS) is 17.5. The number of sulfonamides is 1. The summed E-state index contributed by atoms with van der Waals surface area (Å²) in [5, 5.41) is 0. The van der Waals surface area contributed by atoms with Crippen LogP contribution in [0.2, 0.25) is 0 Å². The van der Waals surface area contributed by atoms with Crippen molar-refractivity contribution in [2.24, 2.45) is 0 Å². The third kappa shape index (κ3) is 4.22. The molecule has 164 valence electrons. The molecule has 0 aromatic heterocycles. The first-order valence-electron chi connectivity index (χ1n) is 10.5. The molecule has 2 amide bonds. The van der Waals surface area contributed by atoms with Gasteiger partial charge in [0.25, 0.3) is 0 Å². The summed E-state index contributed by atoms with van der Waals surface area (Å²) in [5.41, 5.74) is 3.68. The molecular formula is C23H26N2O5S. The Kier molecular flexibility index (Phi) is 5.85. The van der Waals surface area contributed by atoms with Crippen LogP contribution in [0.4, 0.5) is 5.69 Å². The summed E-state index contributed by atoms with van der Waals surface area (Å²) in [6.07, 6.45) is 4.63. The predicted molar refractivity (Wildman–Crippen MR) is 117 cm³/mol. The minimum Gasteiger partial charge on any atom is -0.495 e. The average Bonchev–Trinajstić information content (AvgIpc) is 3.10. The third-order valence-electron chi connectivity index (χ3n) is 5.96. The number of anilines is 1. The maximum Gasteiger partial charge on any atom is 0.241 e. The second kappa shape index (κ2) is 8.43. The number of ether oxygens (including phenoxy) is 1. The molecule has 1 fully saturated rings. The molecule has 0 bridgehead atoms. The number of imide groups is 1. The fraction of sp³-hybridized carbons (Fsp3) is 0.391. The maximum atomic E-state index is 13.1. The van der Waals surface area contributed by atoms with Gasteiger partial charge in [-0.1, -0.05) is 18.2 Å². The number of hydrogen-bond donors (Lipinski definition) is 1. The molecular weight excluding hydrogens is 416 g/mol. The Labute approximate surface area is 182 Å². The SMILES string of the molecule is COc1ccc(S(=O)(=O)N[C@@H](C)c2ccc3c(c2)CCCC3)cc1N1C(=O)CCC1=O. The molecule has 0 radical (unpaired) electrons. The Morgan fingerprint density at radius 1 is 0.935 bits per heavy atom. The van der Waals surface area contributed by atoms with Crippen LogP contribution in [0.25, 0.3) is 0 Å². The first-order valence-corrected chi connectivity index (χ1v) is 12.0. The highest BCUT2D eigenvalue weighted by atomic mass is 32.2. The number of nitrogens with one attached hydrogen (secondary N) is 1. The number of fused-ring (bicyclic) bond motifs is 1. The van der Waals surface area contributed by atoms with Crippen molar-refractivity contribution in [2.45, 2.75) is 56.4 Å². The van der Waals surface area contributed by atoms with Gasteiger partial charge in [0.15, 0.2) is 0 Å². The number of amides is 2. The molecule has 1 atom stereocenters. The average molecular weight is 443 g/mol. The zero-order chi connectivity index (χ0) is 22.2. The van der Waals surface area contributed by atoms with Crippen molar-refractivity contribution in [3.63, 3.8) is 0 Å². The minimum atomic E-state index is -3.90. The Hall–Kier alpha value is -2.71. The van der Waals surface area contributed by atoms with E-state index in [1.165, 1.54) is 42.9 Å². The van der Waals surface area contributed by atoms with Gasteiger partial charge in [-0.2, -0.15) is 0 Å². The van der Waals surface area contributed by atoms with Gasteiger partial charge >= 0.3 is 0 Å². The van der Waals surface area contributed by atoms with Crippen LogP contribution in [-0.2, 0) is 32.5 Å². The van der Waals surface area contributed by atoms with Gasteiger partial charge in [-0.3, -0.25) is 9.59 Å². The lowest BCUT2D eigenvalue weighted by atomic mass is 9.89. The van der Waals surface area contributed by atoms with Gasteiger partial charge in [-0.25, -0.2) is 18.0 Å². The number of hydrogen-bond acceptors (Lipinski definition) is 5. The highest BCUT2D eigenvalue weighted by molar-refractivity contribution is 7.89. The summed E-state index contributed by atoms with van der Waals surface area (Å²) in [7, 11) is -2.48. The molecule has 1 N–H and O–H groups in total. The van der Waals surface area contributed by atoms with Crippen LogP contribution in [0.1, 0.15) is 55.3 Å². The minimum absolute atomic E-state index is 0.0272. The highest BCUT2D eigenvalue weighted by Gasteiger charge is 2.33. The fourth-order valence-corrected chi connectivity index (χ4v) is 5.50. The molecule has 1 saturated heterocycles. The van der Waals surface area contributed by atoms with Gasteiger partial charge in [0.05, 0.1) is 17.7 Å². The van der Waals surface area contributed by atoms with E-state index < -0.39 is 16.1 Å². The first kappa shape index (κ1) is 21.5. The molecule has 2 aromatic rings. The lowest BCUT2D eigenvalue weighted by Gasteiger charge is -2.21. The van der Waals surface area contributed by atoms with E-state index in [-0.39, 0.29) is 41.0 Å². The summed E-state index contributed by atoms with van der Waals surface area (Å²) >= 11 is 0. The number of carbonyl (C=O) groups is 2. The van der Waals surface area contributed by atoms with Crippen molar-refractivity contribution < 1.29 is 22.7 Å². The Bertz CT molecular complexity index is 1130.